The van der Waals surface area contributed by atoms with E-state index in [9.17, 15) is 18.0 Å². The summed E-state index contributed by atoms with van der Waals surface area (Å²) in [5, 5.41) is 4.75. The summed E-state index contributed by atoms with van der Waals surface area (Å²) in [6, 6.07) is 10.0. The number of fused-ring (bicyclic) bond motifs is 2. The van der Waals surface area contributed by atoms with Crippen molar-refractivity contribution in [2.24, 2.45) is 0 Å². The molecule has 1 aromatic heterocycles. The quantitative estimate of drug-likeness (QED) is 0.587. The van der Waals surface area contributed by atoms with E-state index < -0.39 is 16.1 Å². The molecule has 0 spiro atoms. The van der Waals surface area contributed by atoms with Gasteiger partial charge >= 0.3 is 0 Å². The molecule has 2 amide bonds. The van der Waals surface area contributed by atoms with Crippen molar-refractivity contribution in [2.75, 3.05) is 21.5 Å². The van der Waals surface area contributed by atoms with Crippen LogP contribution in [0.1, 0.15) is 19.4 Å². The molecule has 3 aromatic rings. The van der Waals surface area contributed by atoms with Gasteiger partial charge in [0.25, 0.3) is 15.9 Å². The van der Waals surface area contributed by atoms with Gasteiger partial charge < -0.3 is 15.0 Å². The standard InChI is InChI=1S/C22H20N4O5S2/c1-12-21(28)23-17-10-14(3-6-20(17)31-12)18-11-32-22(24-18)25-33(29,30)16-4-5-19-15(9-16)7-8-26(19)13(2)27/h3-6,9-12H,7-8H2,1-2H3,(H,23,28)(H,24,25). The number of hydrogen-bond donors (Lipinski definition) is 2. The van der Waals surface area contributed by atoms with Crippen LogP contribution in [0, 0.1) is 0 Å². The second-order valence-electron chi connectivity index (χ2n) is 7.81. The molecule has 3 heterocycles. The molecular weight excluding hydrogens is 464 g/mol. The summed E-state index contributed by atoms with van der Waals surface area (Å²) in [7, 11) is -3.85. The van der Waals surface area contributed by atoms with Gasteiger partial charge in [0.05, 0.1) is 16.3 Å². The Morgan fingerprint density at radius 1 is 1.27 bits per heavy atom. The van der Waals surface area contributed by atoms with Crippen LogP contribution in [-0.2, 0) is 26.0 Å². The Labute approximate surface area is 194 Å². The van der Waals surface area contributed by atoms with Crippen LogP contribution < -0.4 is 19.7 Å². The number of ether oxygens (including phenoxy) is 1. The lowest BCUT2D eigenvalue weighted by Gasteiger charge is -2.23. The zero-order valence-corrected chi connectivity index (χ0v) is 19.4. The first-order valence-electron chi connectivity index (χ1n) is 10.2. The fourth-order valence-corrected chi connectivity index (χ4v) is 5.89. The maximum atomic E-state index is 12.9. The maximum Gasteiger partial charge on any atom is 0.265 e. The third kappa shape index (κ3) is 3.93. The number of benzene rings is 2. The minimum Gasteiger partial charge on any atom is -0.479 e. The molecular formula is C22H20N4O5S2. The van der Waals surface area contributed by atoms with E-state index in [2.05, 4.69) is 15.0 Å². The minimum atomic E-state index is -3.85. The van der Waals surface area contributed by atoms with Gasteiger partial charge in [0.15, 0.2) is 11.2 Å². The molecule has 33 heavy (non-hydrogen) atoms. The highest BCUT2D eigenvalue weighted by Gasteiger charge is 2.26. The maximum absolute atomic E-state index is 12.9. The molecule has 0 saturated carbocycles. The van der Waals surface area contributed by atoms with Gasteiger partial charge in [-0.1, -0.05) is 0 Å². The molecule has 0 aliphatic carbocycles. The number of sulfonamides is 1. The van der Waals surface area contributed by atoms with Gasteiger partial charge in [0.1, 0.15) is 5.75 Å². The molecule has 9 nitrogen and oxygen atoms in total. The van der Waals surface area contributed by atoms with E-state index >= 15 is 0 Å². The van der Waals surface area contributed by atoms with Crippen LogP contribution in [0.25, 0.3) is 11.3 Å². The van der Waals surface area contributed by atoms with Crippen molar-refractivity contribution in [1.82, 2.24) is 4.98 Å². The highest BCUT2D eigenvalue weighted by molar-refractivity contribution is 7.93. The van der Waals surface area contributed by atoms with Crippen LogP contribution in [0.2, 0.25) is 0 Å². The van der Waals surface area contributed by atoms with Crippen LogP contribution in [0.4, 0.5) is 16.5 Å². The Morgan fingerprint density at radius 3 is 2.88 bits per heavy atom. The molecule has 0 bridgehead atoms. The van der Waals surface area contributed by atoms with Crippen molar-refractivity contribution in [3.8, 4) is 17.0 Å². The molecule has 1 atom stereocenters. The average Bonchev–Trinajstić information content (AvgIpc) is 3.40. The highest BCUT2D eigenvalue weighted by atomic mass is 32.2. The van der Waals surface area contributed by atoms with E-state index in [1.165, 1.54) is 13.0 Å². The predicted octanol–water partition coefficient (Wildman–Crippen LogP) is 3.24. The molecule has 5 rings (SSSR count). The molecule has 2 aromatic carbocycles. The smallest absolute Gasteiger partial charge is 0.265 e. The van der Waals surface area contributed by atoms with Gasteiger partial charge in [-0.15, -0.1) is 11.3 Å². The first-order chi connectivity index (χ1) is 15.7. The molecule has 11 heteroatoms. The minimum absolute atomic E-state index is 0.0689. The lowest BCUT2D eigenvalue weighted by molar-refractivity contribution is -0.122. The van der Waals surface area contributed by atoms with Crippen molar-refractivity contribution in [1.29, 1.82) is 0 Å². The Balaban J connectivity index is 1.37. The summed E-state index contributed by atoms with van der Waals surface area (Å²) in [5.74, 6) is 0.273. The fourth-order valence-electron chi connectivity index (χ4n) is 3.87. The van der Waals surface area contributed by atoms with Gasteiger partial charge in [-0.25, -0.2) is 13.4 Å². The van der Waals surface area contributed by atoms with Gasteiger partial charge in [-0.2, -0.15) is 0 Å². The number of anilines is 3. The third-order valence-electron chi connectivity index (χ3n) is 5.57. The van der Waals surface area contributed by atoms with Gasteiger partial charge in [-0.05, 0) is 55.3 Å². The Bertz CT molecular complexity index is 1400. The molecule has 0 radical (unpaired) electrons. The van der Waals surface area contributed by atoms with Crippen LogP contribution in [0.5, 0.6) is 5.75 Å². The van der Waals surface area contributed by atoms with Crippen molar-refractivity contribution < 1.29 is 22.7 Å². The Hall–Kier alpha value is -3.44. The van der Waals surface area contributed by atoms with E-state index in [0.29, 0.717) is 30.1 Å². The largest absolute Gasteiger partial charge is 0.479 e. The van der Waals surface area contributed by atoms with Gasteiger partial charge in [0.2, 0.25) is 5.91 Å². The zero-order valence-electron chi connectivity index (χ0n) is 17.8. The van der Waals surface area contributed by atoms with Crippen molar-refractivity contribution in [3.05, 3.63) is 47.3 Å². The van der Waals surface area contributed by atoms with E-state index in [4.69, 9.17) is 4.74 Å². The van der Waals surface area contributed by atoms with Crippen molar-refractivity contribution in [3.63, 3.8) is 0 Å². The first-order valence-corrected chi connectivity index (χ1v) is 12.6. The third-order valence-corrected chi connectivity index (χ3v) is 7.79. The Kier molecular flexibility index (Phi) is 5.09. The summed E-state index contributed by atoms with van der Waals surface area (Å²) in [6.45, 7) is 3.71. The molecule has 1 unspecified atom stereocenters. The van der Waals surface area contributed by atoms with Crippen LogP contribution in [0.15, 0.2) is 46.7 Å². The summed E-state index contributed by atoms with van der Waals surface area (Å²) in [5.41, 5.74) is 3.40. The highest BCUT2D eigenvalue weighted by Crippen LogP contribution is 2.36. The van der Waals surface area contributed by atoms with E-state index in [-0.39, 0.29) is 21.8 Å². The zero-order chi connectivity index (χ0) is 23.3. The van der Waals surface area contributed by atoms with Gasteiger partial charge in [-0.3, -0.25) is 14.3 Å². The first kappa shape index (κ1) is 21.4. The van der Waals surface area contributed by atoms with Crippen LogP contribution >= 0.6 is 11.3 Å². The molecule has 2 N–H and O–H groups in total. The normalized spacial score (nSPS) is 17.1. The average molecular weight is 485 g/mol. The SMILES string of the molecule is CC(=O)N1CCc2cc(S(=O)(=O)Nc3nc(-c4ccc5c(c4)NC(=O)C(C)O5)cs3)ccc21. The molecule has 170 valence electrons. The molecule has 0 fully saturated rings. The number of thiazole rings is 1. The number of aromatic nitrogens is 1. The van der Waals surface area contributed by atoms with Crippen LogP contribution in [-0.4, -0.2) is 37.9 Å². The number of rotatable bonds is 4. The lowest BCUT2D eigenvalue weighted by Crippen LogP contribution is -2.34. The van der Waals surface area contributed by atoms with Crippen molar-refractivity contribution in [2.45, 2.75) is 31.3 Å². The molecule has 2 aliphatic rings. The van der Waals surface area contributed by atoms with E-state index in [1.54, 1.807) is 47.5 Å². The lowest BCUT2D eigenvalue weighted by atomic mass is 10.1. The topological polar surface area (TPSA) is 118 Å². The second-order valence-corrected chi connectivity index (χ2v) is 10.4. The summed E-state index contributed by atoms with van der Waals surface area (Å²) in [6.07, 6.45) is 0.0465. The number of nitrogens with one attached hydrogen (secondary N) is 2. The van der Waals surface area contributed by atoms with E-state index in [0.717, 1.165) is 28.2 Å². The number of amides is 2. The summed E-state index contributed by atoms with van der Waals surface area (Å²) in [4.78, 5) is 29.8. The fraction of sp³-hybridized carbons (Fsp3) is 0.227. The predicted molar refractivity (Wildman–Crippen MR) is 125 cm³/mol. The number of carbonyl (C=O) groups is 2. The second kappa shape index (κ2) is 7.85. The number of carbonyl (C=O) groups excluding carboxylic acids is 2. The Morgan fingerprint density at radius 2 is 2.09 bits per heavy atom. The van der Waals surface area contributed by atoms with Gasteiger partial charge in [0, 0.05) is 30.1 Å². The molecule has 0 saturated heterocycles. The summed E-state index contributed by atoms with van der Waals surface area (Å²) < 4.78 is 34.0. The number of nitrogens with zero attached hydrogens (tertiary/aromatic N) is 2. The number of hydrogen-bond acceptors (Lipinski definition) is 7. The van der Waals surface area contributed by atoms with E-state index in [1.807, 2.05) is 0 Å². The summed E-state index contributed by atoms with van der Waals surface area (Å²) >= 11 is 1.16. The van der Waals surface area contributed by atoms with Crippen LogP contribution in [0.3, 0.4) is 0 Å². The monoisotopic (exact) mass is 484 g/mol. The molecule has 2 aliphatic heterocycles. The van der Waals surface area contributed by atoms with Crippen molar-refractivity contribution >= 4 is 49.7 Å².